The second-order valence-electron chi connectivity index (χ2n) is 5.48. The Labute approximate surface area is 113 Å². The van der Waals surface area contributed by atoms with Crippen LogP contribution in [0.15, 0.2) is 24.3 Å². The third-order valence-electron chi connectivity index (χ3n) is 3.98. The van der Waals surface area contributed by atoms with Crippen molar-refractivity contribution >= 4 is 0 Å². The van der Waals surface area contributed by atoms with Crippen molar-refractivity contribution < 1.29 is 14.2 Å². The monoisotopic (exact) mass is 267 g/mol. The molecule has 0 unspecified atom stereocenters. The molecule has 3 nitrogen and oxygen atoms in total. The number of aliphatic hydroxyl groups is 1. The number of nitrogens with two attached hydrogens (primary N) is 1. The first-order valence-electron chi connectivity index (χ1n) is 6.86. The molecule has 0 radical (unpaired) electrons. The highest BCUT2D eigenvalue weighted by Crippen LogP contribution is 2.31. The van der Waals surface area contributed by atoms with Gasteiger partial charge in [-0.05, 0) is 37.7 Å². The van der Waals surface area contributed by atoms with Gasteiger partial charge in [0.2, 0.25) is 0 Å². The summed E-state index contributed by atoms with van der Waals surface area (Å²) in [5.41, 5.74) is 5.47. The van der Waals surface area contributed by atoms with Gasteiger partial charge in [-0.3, -0.25) is 0 Å². The fourth-order valence-corrected chi connectivity index (χ4v) is 2.54. The largest absolute Gasteiger partial charge is 0.389 e. The Morgan fingerprint density at radius 3 is 2.63 bits per heavy atom. The van der Waals surface area contributed by atoms with E-state index in [1.165, 1.54) is 6.07 Å². The normalized spacial score (nSPS) is 27.4. The Balaban J connectivity index is 1.72. The van der Waals surface area contributed by atoms with Gasteiger partial charge < -0.3 is 15.6 Å². The highest BCUT2D eigenvalue weighted by atomic mass is 19.1. The van der Waals surface area contributed by atoms with Crippen LogP contribution in [0, 0.1) is 11.7 Å². The molecule has 2 rings (SSSR count). The number of benzene rings is 1. The van der Waals surface area contributed by atoms with E-state index in [4.69, 9.17) is 10.5 Å². The fraction of sp³-hybridized carbons (Fsp3) is 0.600. The molecule has 0 bridgehead atoms. The predicted octanol–water partition coefficient (Wildman–Crippen LogP) is 2.22. The maximum Gasteiger partial charge on any atom is 0.128 e. The smallest absolute Gasteiger partial charge is 0.128 e. The van der Waals surface area contributed by atoms with E-state index in [0.29, 0.717) is 31.2 Å². The molecular formula is C15H22FNO2. The van der Waals surface area contributed by atoms with Crippen molar-refractivity contribution in [3.63, 3.8) is 0 Å². The molecule has 19 heavy (non-hydrogen) atoms. The van der Waals surface area contributed by atoms with Crippen molar-refractivity contribution in [2.24, 2.45) is 11.7 Å². The Hall–Kier alpha value is -0.970. The van der Waals surface area contributed by atoms with E-state index in [9.17, 15) is 9.50 Å². The second kappa shape index (κ2) is 6.46. The topological polar surface area (TPSA) is 55.5 Å². The zero-order valence-corrected chi connectivity index (χ0v) is 11.1. The summed E-state index contributed by atoms with van der Waals surface area (Å²) in [4.78, 5) is 0. The lowest BCUT2D eigenvalue weighted by atomic mass is 9.79. The first-order valence-corrected chi connectivity index (χ1v) is 6.86. The van der Waals surface area contributed by atoms with Gasteiger partial charge in [0.05, 0.1) is 12.2 Å². The first kappa shape index (κ1) is 14.4. The standard InChI is InChI=1S/C15H22FNO2/c16-14-4-2-1-3-13(14)10-19-9-12-5-7-15(18,11-17)8-6-12/h1-4,12,18H,5-11,17H2/t12-,15+. The lowest BCUT2D eigenvalue weighted by Gasteiger charge is -2.34. The molecule has 1 fully saturated rings. The Morgan fingerprint density at radius 1 is 1.32 bits per heavy atom. The third kappa shape index (κ3) is 4.00. The van der Waals surface area contributed by atoms with Crippen molar-refractivity contribution in [3.8, 4) is 0 Å². The van der Waals surface area contributed by atoms with Gasteiger partial charge in [-0.2, -0.15) is 0 Å². The summed E-state index contributed by atoms with van der Waals surface area (Å²) < 4.78 is 19.0. The van der Waals surface area contributed by atoms with Crippen LogP contribution >= 0.6 is 0 Å². The first-order chi connectivity index (χ1) is 9.13. The summed E-state index contributed by atoms with van der Waals surface area (Å²) in [7, 11) is 0. The summed E-state index contributed by atoms with van der Waals surface area (Å²) >= 11 is 0. The zero-order chi connectivity index (χ0) is 13.7. The van der Waals surface area contributed by atoms with E-state index in [2.05, 4.69) is 0 Å². The quantitative estimate of drug-likeness (QED) is 0.860. The van der Waals surface area contributed by atoms with Crippen LogP contribution < -0.4 is 5.73 Å². The predicted molar refractivity (Wildman–Crippen MR) is 72.0 cm³/mol. The molecule has 0 spiro atoms. The summed E-state index contributed by atoms with van der Waals surface area (Å²) in [6.07, 6.45) is 3.31. The van der Waals surface area contributed by atoms with Crippen LogP contribution in [-0.2, 0) is 11.3 Å². The van der Waals surface area contributed by atoms with E-state index >= 15 is 0 Å². The van der Waals surface area contributed by atoms with Gasteiger partial charge in [-0.15, -0.1) is 0 Å². The molecule has 1 aliphatic rings. The molecule has 1 saturated carbocycles. The van der Waals surface area contributed by atoms with Gasteiger partial charge in [0.15, 0.2) is 0 Å². The number of hydrogen-bond acceptors (Lipinski definition) is 3. The van der Waals surface area contributed by atoms with Crippen LogP contribution in [0.4, 0.5) is 4.39 Å². The van der Waals surface area contributed by atoms with Crippen molar-refractivity contribution in [1.29, 1.82) is 0 Å². The fourth-order valence-electron chi connectivity index (χ4n) is 2.54. The van der Waals surface area contributed by atoms with Crippen molar-refractivity contribution in [2.45, 2.75) is 37.9 Å². The van der Waals surface area contributed by atoms with Crippen LogP contribution in [0.1, 0.15) is 31.2 Å². The van der Waals surface area contributed by atoms with Gasteiger partial charge in [-0.25, -0.2) is 4.39 Å². The minimum Gasteiger partial charge on any atom is -0.389 e. The molecular weight excluding hydrogens is 245 g/mol. The maximum atomic E-state index is 13.4. The van der Waals surface area contributed by atoms with Gasteiger partial charge in [0.25, 0.3) is 0 Å². The van der Waals surface area contributed by atoms with Gasteiger partial charge >= 0.3 is 0 Å². The minimum atomic E-state index is -0.679. The molecule has 0 aromatic heterocycles. The van der Waals surface area contributed by atoms with Crippen LogP contribution in [0.25, 0.3) is 0 Å². The summed E-state index contributed by atoms with van der Waals surface area (Å²) in [5.74, 6) is 0.224. The minimum absolute atomic E-state index is 0.219. The summed E-state index contributed by atoms with van der Waals surface area (Å²) in [6.45, 7) is 1.26. The zero-order valence-electron chi connectivity index (χ0n) is 11.1. The Morgan fingerprint density at radius 2 is 2.00 bits per heavy atom. The van der Waals surface area contributed by atoms with E-state index < -0.39 is 5.60 Å². The number of halogens is 1. The number of ether oxygens (including phenoxy) is 1. The van der Waals surface area contributed by atoms with Crippen LogP contribution in [0.3, 0.4) is 0 Å². The second-order valence-corrected chi connectivity index (χ2v) is 5.48. The Kier molecular flexibility index (Phi) is 4.91. The molecule has 0 atom stereocenters. The van der Waals surface area contributed by atoms with E-state index in [1.807, 2.05) is 6.07 Å². The number of rotatable bonds is 5. The molecule has 106 valence electrons. The van der Waals surface area contributed by atoms with E-state index in [-0.39, 0.29) is 5.82 Å². The SMILES string of the molecule is NC[C@]1(O)CC[C@@H](COCc2ccccc2F)CC1. The van der Waals surface area contributed by atoms with Crippen molar-refractivity contribution in [3.05, 3.63) is 35.6 Å². The van der Waals surface area contributed by atoms with Crippen LogP contribution in [0.5, 0.6) is 0 Å². The molecule has 0 amide bonds. The van der Waals surface area contributed by atoms with Gasteiger partial charge in [0, 0.05) is 18.7 Å². The summed E-state index contributed by atoms with van der Waals surface area (Å²) in [5, 5.41) is 10.0. The average molecular weight is 267 g/mol. The summed E-state index contributed by atoms with van der Waals surface area (Å²) in [6, 6.07) is 6.67. The maximum absolute atomic E-state index is 13.4. The Bertz CT molecular complexity index is 403. The molecule has 4 heteroatoms. The molecule has 0 heterocycles. The molecule has 1 aromatic carbocycles. The highest BCUT2D eigenvalue weighted by Gasteiger charge is 2.31. The molecule has 0 aliphatic heterocycles. The lowest BCUT2D eigenvalue weighted by molar-refractivity contribution is -0.0193. The molecule has 3 N–H and O–H groups in total. The lowest BCUT2D eigenvalue weighted by Crippen LogP contribution is -2.41. The van der Waals surface area contributed by atoms with Crippen molar-refractivity contribution in [1.82, 2.24) is 0 Å². The van der Waals surface area contributed by atoms with Gasteiger partial charge in [-0.1, -0.05) is 18.2 Å². The van der Waals surface area contributed by atoms with E-state index in [0.717, 1.165) is 25.7 Å². The molecule has 0 saturated heterocycles. The van der Waals surface area contributed by atoms with E-state index in [1.54, 1.807) is 12.1 Å². The molecule has 1 aliphatic carbocycles. The molecule has 1 aromatic rings. The highest BCUT2D eigenvalue weighted by molar-refractivity contribution is 5.16. The van der Waals surface area contributed by atoms with Crippen molar-refractivity contribution in [2.75, 3.05) is 13.2 Å². The van der Waals surface area contributed by atoms with Crippen LogP contribution in [0.2, 0.25) is 0 Å². The third-order valence-corrected chi connectivity index (χ3v) is 3.98. The number of hydrogen-bond donors (Lipinski definition) is 2. The average Bonchev–Trinajstić information content (AvgIpc) is 2.43. The van der Waals surface area contributed by atoms with Crippen LogP contribution in [-0.4, -0.2) is 23.9 Å². The van der Waals surface area contributed by atoms with Gasteiger partial charge in [0.1, 0.15) is 5.82 Å².